The minimum absolute atomic E-state index is 0.0212. The van der Waals surface area contributed by atoms with Crippen LogP contribution < -0.4 is 5.73 Å². The van der Waals surface area contributed by atoms with Crippen LogP contribution in [0, 0.1) is 13.8 Å². The van der Waals surface area contributed by atoms with Gasteiger partial charge in [0.05, 0.1) is 6.04 Å². The summed E-state index contributed by atoms with van der Waals surface area (Å²) in [6, 6.07) is 5.41. The third-order valence-electron chi connectivity index (χ3n) is 2.71. The third kappa shape index (κ3) is 4.29. The minimum Gasteiger partial charge on any atom is -0.385 e. The maximum absolute atomic E-state index is 12.1. The Kier molecular flexibility index (Phi) is 5.32. The highest BCUT2D eigenvalue weighted by Crippen LogP contribution is 2.12. The maximum Gasteiger partial charge on any atom is 0.179 e. The highest BCUT2D eigenvalue weighted by Gasteiger charge is 2.15. The number of methoxy groups -OCH3 is 1. The first-order chi connectivity index (χ1) is 8.04. The second kappa shape index (κ2) is 6.52. The molecule has 1 rings (SSSR count). The molecular formula is C14H21NO2. The van der Waals surface area contributed by atoms with Gasteiger partial charge < -0.3 is 10.5 Å². The lowest BCUT2D eigenvalue weighted by atomic mass is 9.98. The Hall–Kier alpha value is -1.19. The number of ether oxygens (including phenoxy) is 1. The Morgan fingerprint density at radius 2 is 1.88 bits per heavy atom. The Morgan fingerprint density at radius 1 is 1.29 bits per heavy atom. The Morgan fingerprint density at radius 3 is 2.41 bits per heavy atom. The number of Topliss-reactive ketones (excluding diaryl/α,β-unsaturated/α-hetero) is 1. The molecule has 0 aromatic heterocycles. The van der Waals surface area contributed by atoms with Gasteiger partial charge in [-0.05, 0) is 38.8 Å². The average molecular weight is 235 g/mol. The van der Waals surface area contributed by atoms with Crippen LogP contribution in [-0.4, -0.2) is 25.5 Å². The zero-order valence-corrected chi connectivity index (χ0v) is 10.8. The predicted octanol–water partition coefficient (Wildman–Crippen LogP) is 2.24. The first kappa shape index (κ1) is 13.9. The van der Waals surface area contributed by atoms with E-state index in [0.29, 0.717) is 18.6 Å². The van der Waals surface area contributed by atoms with Crippen molar-refractivity contribution in [2.75, 3.05) is 13.7 Å². The van der Waals surface area contributed by atoms with E-state index in [2.05, 4.69) is 0 Å². The molecule has 0 aliphatic heterocycles. The van der Waals surface area contributed by atoms with Gasteiger partial charge in [0.1, 0.15) is 0 Å². The number of carbonyl (C=O) groups is 1. The topological polar surface area (TPSA) is 52.3 Å². The van der Waals surface area contributed by atoms with Crippen molar-refractivity contribution in [1.82, 2.24) is 0 Å². The molecule has 0 saturated heterocycles. The summed E-state index contributed by atoms with van der Waals surface area (Å²) in [5.41, 5.74) is 8.79. The Labute approximate surface area is 103 Å². The van der Waals surface area contributed by atoms with Crippen molar-refractivity contribution in [3.8, 4) is 0 Å². The molecule has 1 atom stereocenters. The van der Waals surface area contributed by atoms with E-state index < -0.39 is 6.04 Å². The van der Waals surface area contributed by atoms with Crippen LogP contribution in [0.15, 0.2) is 18.2 Å². The molecular weight excluding hydrogens is 214 g/mol. The van der Waals surface area contributed by atoms with E-state index >= 15 is 0 Å². The first-order valence-electron chi connectivity index (χ1n) is 5.91. The quantitative estimate of drug-likeness (QED) is 0.607. The highest BCUT2D eigenvalue weighted by atomic mass is 16.5. The average Bonchev–Trinajstić information content (AvgIpc) is 2.27. The van der Waals surface area contributed by atoms with Gasteiger partial charge in [0.2, 0.25) is 0 Å². The van der Waals surface area contributed by atoms with E-state index in [9.17, 15) is 4.79 Å². The molecule has 0 radical (unpaired) electrons. The summed E-state index contributed by atoms with van der Waals surface area (Å²) in [5.74, 6) is 0.0212. The SMILES string of the molecule is COCCCC(N)C(=O)c1cc(C)cc(C)c1. The third-order valence-corrected chi connectivity index (χ3v) is 2.71. The van der Waals surface area contributed by atoms with Gasteiger partial charge in [-0.1, -0.05) is 17.2 Å². The van der Waals surface area contributed by atoms with Crippen LogP contribution in [0.5, 0.6) is 0 Å². The van der Waals surface area contributed by atoms with Crippen molar-refractivity contribution in [3.63, 3.8) is 0 Å². The normalized spacial score (nSPS) is 12.5. The van der Waals surface area contributed by atoms with Crippen LogP contribution in [0.1, 0.15) is 34.3 Å². The van der Waals surface area contributed by atoms with Gasteiger partial charge in [-0.2, -0.15) is 0 Å². The van der Waals surface area contributed by atoms with Gasteiger partial charge >= 0.3 is 0 Å². The van der Waals surface area contributed by atoms with E-state index in [1.165, 1.54) is 0 Å². The van der Waals surface area contributed by atoms with Crippen LogP contribution in [0.2, 0.25) is 0 Å². The number of ketones is 1. The summed E-state index contributed by atoms with van der Waals surface area (Å²) >= 11 is 0. The van der Waals surface area contributed by atoms with Crippen molar-refractivity contribution in [2.45, 2.75) is 32.7 Å². The van der Waals surface area contributed by atoms with E-state index in [1.54, 1.807) is 7.11 Å². The second-order valence-corrected chi connectivity index (χ2v) is 4.48. The number of aryl methyl sites for hydroxylation is 2. The first-order valence-corrected chi connectivity index (χ1v) is 5.91. The maximum atomic E-state index is 12.1. The van der Waals surface area contributed by atoms with Crippen molar-refractivity contribution in [3.05, 3.63) is 34.9 Å². The number of hydrogen-bond acceptors (Lipinski definition) is 3. The predicted molar refractivity (Wildman–Crippen MR) is 69.3 cm³/mol. The van der Waals surface area contributed by atoms with Gasteiger partial charge in [-0.3, -0.25) is 4.79 Å². The fourth-order valence-corrected chi connectivity index (χ4v) is 1.91. The fraction of sp³-hybridized carbons (Fsp3) is 0.500. The fourth-order valence-electron chi connectivity index (χ4n) is 1.91. The summed E-state index contributed by atoms with van der Waals surface area (Å²) < 4.78 is 4.95. The van der Waals surface area contributed by atoms with Gasteiger partial charge in [-0.25, -0.2) is 0 Å². The molecule has 0 bridgehead atoms. The Balaban J connectivity index is 2.68. The number of carbonyl (C=O) groups excluding carboxylic acids is 1. The molecule has 1 aromatic carbocycles. The van der Waals surface area contributed by atoms with Crippen molar-refractivity contribution >= 4 is 5.78 Å². The van der Waals surface area contributed by atoms with Crippen molar-refractivity contribution < 1.29 is 9.53 Å². The minimum atomic E-state index is -0.425. The molecule has 1 aromatic rings. The molecule has 2 N–H and O–H groups in total. The molecule has 17 heavy (non-hydrogen) atoms. The summed E-state index contributed by atoms with van der Waals surface area (Å²) in [6.45, 7) is 4.62. The van der Waals surface area contributed by atoms with Gasteiger partial charge in [0.25, 0.3) is 0 Å². The van der Waals surface area contributed by atoms with Crippen LogP contribution in [-0.2, 0) is 4.74 Å². The molecule has 0 spiro atoms. The van der Waals surface area contributed by atoms with Crippen molar-refractivity contribution in [2.24, 2.45) is 5.73 Å². The molecule has 0 heterocycles. The van der Waals surface area contributed by atoms with Crippen LogP contribution in [0.4, 0.5) is 0 Å². The van der Waals surface area contributed by atoms with E-state index in [4.69, 9.17) is 10.5 Å². The largest absolute Gasteiger partial charge is 0.385 e. The van der Waals surface area contributed by atoms with Crippen LogP contribution in [0.3, 0.4) is 0 Å². The van der Waals surface area contributed by atoms with Crippen LogP contribution in [0.25, 0.3) is 0 Å². The number of rotatable bonds is 6. The summed E-state index contributed by atoms with van der Waals surface area (Å²) in [4.78, 5) is 12.1. The second-order valence-electron chi connectivity index (χ2n) is 4.48. The number of nitrogens with two attached hydrogens (primary N) is 1. The van der Waals surface area contributed by atoms with Gasteiger partial charge in [0, 0.05) is 19.3 Å². The smallest absolute Gasteiger partial charge is 0.179 e. The van der Waals surface area contributed by atoms with Gasteiger partial charge in [0.15, 0.2) is 5.78 Å². The van der Waals surface area contributed by atoms with E-state index in [0.717, 1.165) is 17.5 Å². The monoisotopic (exact) mass is 235 g/mol. The molecule has 1 unspecified atom stereocenters. The summed E-state index contributed by atoms with van der Waals surface area (Å²) in [7, 11) is 1.65. The van der Waals surface area contributed by atoms with Crippen molar-refractivity contribution in [1.29, 1.82) is 0 Å². The Bertz CT molecular complexity index is 368. The molecule has 94 valence electrons. The molecule has 3 heteroatoms. The van der Waals surface area contributed by atoms with Crippen LogP contribution >= 0.6 is 0 Å². The number of benzene rings is 1. The lowest BCUT2D eigenvalue weighted by Crippen LogP contribution is -2.30. The molecule has 0 aliphatic rings. The highest BCUT2D eigenvalue weighted by molar-refractivity contribution is 6.00. The lowest BCUT2D eigenvalue weighted by molar-refractivity contribution is 0.0950. The molecule has 0 fully saturated rings. The molecule has 0 aliphatic carbocycles. The summed E-state index contributed by atoms with van der Waals surface area (Å²) in [6.07, 6.45) is 1.48. The summed E-state index contributed by atoms with van der Waals surface area (Å²) in [5, 5.41) is 0. The zero-order chi connectivity index (χ0) is 12.8. The molecule has 0 amide bonds. The zero-order valence-electron chi connectivity index (χ0n) is 10.8. The standard InChI is InChI=1S/C14H21NO2/c1-10-7-11(2)9-12(8-10)14(16)13(15)5-4-6-17-3/h7-9,13H,4-6,15H2,1-3H3. The van der Waals surface area contributed by atoms with E-state index in [1.807, 2.05) is 32.0 Å². The lowest BCUT2D eigenvalue weighted by Gasteiger charge is -2.11. The molecule has 3 nitrogen and oxygen atoms in total. The van der Waals surface area contributed by atoms with Gasteiger partial charge in [-0.15, -0.1) is 0 Å². The van der Waals surface area contributed by atoms with E-state index in [-0.39, 0.29) is 5.78 Å². The molecule has 0 saturated carbocycles. The number of hydrogen-bond donors (Lipinski definition) is 1.